The van der Waals surface area contributed by atoms with Gasteiger partial charge in [-0.25, -0.2) is 4.79 Å². The summed E-state index contributed by atoms with van der Waals surface area (Å²) in [6, 6.07) is -0.246. The molecule has 1 aliphatic carbocycles. The van der Waals surface area contributed by atoms with E-state index in [0.717, 1.165) is 19.3 Å². The van der Waals surface area contributed by atoms with Crippen molar-refractivity contribution in [3.63, 3.8) is 0 Å². The highest BCUT2D eigenvalue weighted by Crippen LogP contribution is 2.39. The first-order valence-electron chi connectivity index (χ1n) is 7.21. The number of carbonyl (C=O) groups excluding carboxylic acids is 1. The minimum atomic E-state index is -0.828. The predicted octanol–water partition coefficient (Wildman–Crippen LogP) is 2.21. The number of carboxylic acid groups (broad SMARTS) is 1. The first-order valence-corrected chi connectivity index (χ1v) is 7.21. The van der Waals surface area contributed by atoms with Crippen molar-refractivity contribution in [3.05, 3.63) is 0 Å². The summed E-state index contributed by atoms with van der Waals surface area (Å²) < 4.78 is 0. The van der Waals surface area contributed by atoms with Crippen LogP contribution in [0, 0.1) is 5.92 Å². The van der Waals surface area contributed by atoms with E-state index in [-0.39, 0.29) is 24.0 Å². The van der Waals surface area contributed by atoms with E-state index in [4.69, 9.17) is 5.11 Å². The molecule has 0 aromatic rings. The molecule has 2 amide bonds. The molecular formula is C14H24N2O3. The van der Waals surface area contributed by atoms with Crippen molar-refractivity contribution >= 4 is 12.0 Å². The molecule has 5 heteroatoms. The average molecular weight is 268 g/mol. The van der Waals surface area contributed by atoms with E-state index < -0.39 is 5.97 Å². The quantitative estimate of drug-likeness (QED) is 0.821. The van der Waals surface area contributed by atoms with Gasteiger partial charge in [0.1, 0.15) is 0 Å². The first-order chi connectivity index (χ1) is 8.90. The van der Waals surface area contributed by atoms with Crippen molar-refractivity contribution in [2.75, 3.05) is 6.54 Å². The molecule has 1 saturated carbocycles. The van der Waals surface area contributed by atoms with E-state index in [1.54, 1.807) is 4.90 Å². The molecule has 1 atom stereocenters. The van der Waals surface area contributed by atoms with Crippen molar-refractivity contribution in [2.24, 2.45) is 5.92 Å². The number of nitrogens with one attached hydrogen (secondary N) is 1. The Hall–Kier alpha value is -1.26. The van der Waals surface area contributed by atoms with E-state index in [2.05, 4.69) is 19.2 Å². The van der Waals surface area contributed by atoms with Crippen molar-refractivity contribution < 1.29 is 14.7 Å². The number of amides is 2. The highest BCUT2D eigenvalue weighted by atomic mass is 16.4. The molecule has 0 bridgehead atoms. The van der Waals surface area contributed by atoms with Crippen molar-refractivity contribution in [1.29, 1.82) is 0 Å². The zero-order chi connectivity index (χ0) is 14.0. The highest BCUT2D eigenvalue weighted by Gasteiger charge is 2.40. The summed E-state index contributed by atoms with van der Waals surface area (Å²) in [4.78, 5) is 25.0. The topological polar surface area (TPSA) is 69.6 Å². The number of carboxylic acids is 1. The van der Waals surface area contributed by atoms with Crippen LogP contribution in [0.15, 0.2) is 0 Å². The van der Waals surface area contributed by atoms with Gasteiger partial charge in [-0.05, 0) is 51.9 Å². The van der Waals surface area contributed by atoms with Crippen LogP contribution in [-0.4, -0.2) is 40.1 Å². The van der Waals surface area contributed by atoms with Crippen molar-refractivity contribution in [1.82, 2.24) is 10.2 Å². The Morgan fingerprint density at radius 2 is 1.95 bits per heavy atom. The number of rotatable bonds is 4. The van der Waals surface area contributed by atoms with Gasteiger partial charge in [-0.3, -0.25) is 4.79 Å². The minimum Gasteiger partial charge on any atom is -0.481 e. The molecule has 2 aliphatic rings. The minimum absolute atomic E-state index is 0.0529. The second-order valence-corrected chi connectivity index (χ2v) is 6.37. The molecule has 1 saturated heterocycles. The van der Waals surface area contributed by atoms with Gasteiger partial charge in [0.15, 0.2) is 0 Å². The second-order valence-electron chi connectivity index (χ2n) is 6.37. The smallest absolute Gasteiger partial charge is 0.318 e. The molecule has 1 heterocycles. The Morgan fingerprint density at radius 1 is 1.26 bits per heavy atom. The molecule has 0 spiro atoms. The number of carbonyl (C=O) groups is 2. The van der Waals surface area contributed by atoms with Gasteiger partial charge in [-0.15, -0.1) is 0 Å². The summed E-state index contributed by atoms with van der Waals surface area (Å²) in [6.45, 7) is 4.78. The second kappa shape index (κ2) is 5.39. The number of aliphatic carboxylic acids is 1. The van der Waals surface area contributed by atoms with Gasteiger partial charge in [0.2, 0.25) is 0 Å². The maximum Gasteiger partial charge on any atom is 0.318 e. The third-order valence-corrected chi connectivity index (χ3v) is 4.33. The first kappa shape index (κ1) is 14.2. The number of urea groups is 1. The Balaban J connectivity index is 1.96. The van der Waals surface area contributed by atoms with Crippen LogP contribution in [0.25, 0.3) is 0 Å². The molecule has 0 aromatic carbocycles. The molecule has 2 rings (SSSR count). The van der Waals surface area contributed by atoms with Gasteiger partial charge >= 0.3 is 12.0 Å². The van der Waals surface area contributed by atoms with Crippen LogP contribution >= 0.6 is 0 Å². The predicted molar refractivity (Wildman–Crippen MR) is 71.9 cm³/mol. The number of hydrogen-bond donors (Lipinski definition) is 2. The fraction of sp³-hybridized carbons (Fsp3) is 0.857. The van der Waals surface area contributed by atoms with Crippen LogP contribution in [0.3, 0.4) is 0 Å². The summed E-state index contributed by atoms with van der Waals surface area (Å²) in [7, 11) is 0. The van der Waals surface area contributed by atoms with E-state index in [1.807, 2.05) is 0 Å². The molecule has 1 unspecified atom stereocenters. The molecular weight excluding hydrogens is 244 g/mol. The summed E-state index contributed by atoms with van der Waals surface area (Å²) >= 11 is 0. The molecule has 0 radical (unpaired) electrons. The summed E-state index contributed by atoms with van der Waals surface area (Å²) in [6.07, 6.45) is 5.17. The summed E-state index contributed by atoms with van der Waals surface area (Å²) in [5.74, 6) is -0.259. The average Bonchev–Trinajstić information content (AvgIpc) is 3.12. The van der Waals surface area contributed by atoms with Crippen LogP contribution in [0.1, 0.15) is 52.4 Å². The lowest BCUT2D eigenvalue weighted by atomic mass is 9.97. The Morgan fingerprint density at radius 3 is 2.53 bits per heavy atom. The Bertz CT molecular complexity index is 364. The van der Waals surface area contributed by atoms with E-state index >= 15 is 0 Å². The van der Waals surface area contributed by atoms with Gasteiger partial charge in [-0.2, -0.15) is 0 Å². The van der Waals surface area contributed by atoms with Gasteiger partial charge < -0.3 is 15.3 Å². The number of hydrogen-bond acceptors (Lipinski definition) is 2. The van der Waals surface area contributed by atoms with Crippen molar-refractivity contribution in [3.8, 4) is 0 Å². The largest absolute Gasteiger partial charge is 0.481 e. The van der Waals surface area contributed by atoms with E-state index in [1.165, 1.54) is 12.8 Å². The van der Waals surface area contributed by atoms with Crippen LogP contribution in [0.4, 0.5) is 4.79 Å². The Kier molecular flexibility index (Phi) is 4.02. The molecule has 5 nitrogen and oxygen atoms in total. The zero-order valence-corrected chi connectivity index (χ0v) is 11.8. The lowest BCUT2D eigenvalue weighted by Gasteiger charge is -2.38. The molecule has 0 aromatic heterocycles. The number of likely N-dealkylation sites (tertiary alicyclic amines) is 1. The van der Waals surface area contributed by atoms with Gasteiger partial charge in [-0.1, -0.05) is 0 Å². The molecule has 108 valence electrons. The van der Waals surface area contributed by atoms with E-state index in [0.29, 0.717) is 12.5 Å². The monoisotopic (exact) mass is 268 g/mol. The number of nitrogens with zero attached hydrogens (tertiary/aromatic N) is 1. The molecule has 2 fully saturated rings. The SMILES string of the molecule is CC(C)(NC(=O)N1CCCCC1CC(=O)O)C1CC1. The lowest BCUT2D eigenvalue weighted by molar-refractivity contribution is -0.138. The van der Waals surface area contributed by atoms with Crippen LogP contribution < -0.4 is 5.32 Å². The zero-order valence-electron chi connectivity index (χ0n) is 11.8. The maximum atomic E-state index is 12.4. The van der Waals surface area contributed by atoms with Gasteiger partial charge in [0.25, 0.3) is 0 Å². The lowest BCUT2D eigenvalue weighted by Crippen LogP contribution is -2.55. The Labute approximate surface area is 114 Å². The highest BCUT2D eigenvalue weighted by molar-refractivity contribution is 5.77. The van der Waals surface area contributed by atoms with Crippen LogP contribution in [0.2, 0.25) is 0 Å². The molecule has 2 N–H and O–H groups in total. The van der Waals surface area contributed by atoms with Crippen LogP contribution in [-0.2, 0) is 4.79 Å². The van der Waals surface area contributed by atoms with E-state index in [9.17, 15) is 9.59 Å². The number of piperidine rings is 1. The third-order valence-electron chi connectivity index (χ3n) is 4.33. The van der Waals surface area contributed by atoms with Gasteiger partial charge in [0, 0.05) is 18.1 Å². The fourth-order valence-electron chi connectivity index (χ4n) is 2.94. The molecule has 1 aliphatic heterocycles. The van der Waals surface area contributed by atoms with Crippen LogP contribution in [0.5, 0.6) is 0 Å². The maximum absolute atomic E-state index is 12.4. The van der Waals surface area contributed by atoms with Crippen molar-refractivity contribution in [2.45, 2.75) is 64.0 Å². The normalized spacial score (nSPS) is 24.1. The van der Waals surface area contributed by atoms with Gasteiger partial charge in [0.05, 0.1) is 6.42 Å². The summed E-state index contributed by atoms with van der Waals surface area (Å²) in [5, 5.41) is 12.0. The molecule has 19 heavy (non-hydrogen) atoms. The summed E-state index contributed by atoms with van der Waals surface area (Å²) in [5.41, 5.74) is -0.178. The third kappa shape index (κ3) is 3.61. The fourth-order valence-corrected chi connectivity index (χ4v) is 2.94. The standard InChI is InChI=1S/C14H24N2O3/c1-14(2,10-6-7-10)15-13(19)16-8-4-3-5-11(16)9-12(17)18/h10-11H,3-9H2,1-2H3,(H,15,19)(H,17,18).